The van der Waals surface area contributed by atoms with Gasteiger partial charge in [0.1, 0.15) is 6.29 Å². The van der Waals surface area contributed by atoms with Gasteiger partial charge in [-0.2, -0.15) is 0 Å². The molecule has 0 aromatic heterocycles. The molecule has 0 aliphatic heterocycles. The van der Waals surface area contributed by atoms with Crippen LogP contribution < -0.4 is 0 Å². The molecule has 0 saturated heterocycles. The molecule has 2 nitrogen and oxygen atoms in total. The largest absolute Gasteiger partial charge is 0.392 e. The first-order valence-electron chi connectivity index (χ1n) is 5.91. The van der Waals surface area contributed by atoms with Gasteiger partial charge in [0.05, 0.1) is 6.10 Å². The standard InChI is InChI=1S/C12H22O2/c1-2-3-4-5-12(14)11(9-13)8-10-6-7-10/h9-12,14H,2-8H2,1H3. The molecule has 1 aliphatic rings. The third-order valence-corrected chi connectivity index (χ3v) is 3.07. The maximum Gasteiger partial charge on any atom is 0.125 e. The molecule has 2 atom stereocenters. The van der Waals surface area contributed by atoms with E-state index in [4.69, 9.17) is 0 Å². The summed E-state index contributed by atoms with van der Waals surface area (Å²) in [6, 6.07) is 0. The van der Waals surface area contributed by atoms with Crippen molar-refractivity contribution in [2.75, 3.05) is 0 Å². The summed E-state index contributed by atoms with van der Waals surface area (Å²) in [4.78, 5) is 10.8. The lowest BCUT2D eigenvalue weighted by molar-refractivity contribution is -0.114. The molecule has 1 rings (SSSR count). The Morgan fingerprint density at radius 2 is 2.14 bits per heavy atom. The Balaban J connectivity index is 2.16. The summed E-state index contributed by atoms with van der Waals surface area (Å²) in [5.74, 6) is 0.630. The van der Waals surface area contributed by atoms with Gasteiger partial charge in [-0.1, -0.05) is 39.0 Å². The van der Waals surface area contributed by atoms with Crippen molar-refractivity contribution in [2.45, 2.75) is 58.0 Å². The van der Waals surface area contributed by atoms with Crippen molar-refractivity contribution >= 4 is 6.29 Å². The number of rotatable bonds is 8. The van der Waals surface area contributed by atoms with Crippen molar-refractivity contribution in [1.82, 2.24) is 0 Å². The molecular weight excluding hydrogens is 176 g/mol. The van der Waals surface area contributed by atoms with E-state index in [0.29, 0.717) is 0 Å². The average Bonchev–Trinajstić information content (AvgIpc) is 2.98. The molecule has 2 heteroatoms. The van der Waals surface area contributed by atoms with Gasteiger partial charge in [-0.3, -0.25) is 0 Å². The fourth-order valence-corrected chi connectivity index (χ4v) is 1.86. The van der Waals surface area contributed by atoms with E-state index < -0.39 is 0 Å². The molecule has 0 bridgehead atoms. The lowest BCUT2D eigenvalue weighted by Gasteiger charge is -2.16. The normalized spacial score (nSPS) is 20.4. The zero-order chi connectivity index (χ0) is 10.4. The lowest BCUT2D eigenvalue weighted by Crippen LogP contribution is -2.22. The van der Waals surface area contributed by atoms with Gasteiger partial charge in [0, 0.05) is 5.92 Å². The number of hydrogen-bond acceptors (Lipinski definition) is 2. The number of aliphatic hydroxyl groups is 1. The second-order valence-electron chi connectivity index (χ2n) is 4.54. The van der Waals surface area contributed by atoms with Gasteiger partial charge in [0.25, 0.3) is 0 Å². The summed E-state index contributed by atoms with van der Waals surface area (Å²) >= 11 is 0. The van der Waals surface area contributed by atoms with E-state index in [9.17, 15) is 9.90 Å². The van der Waals surface area contributed by atoms with E-state index in [2.05, 4.69) is 6.92 Å². The molecule has 82 valence electrons. The molecule has 0 aromatic rings. The van der Waals surface area contributed by atoms with Gasteiger partial charge < -0.3 is 9.90 Å². The monoisotopic (exact) mass is 198 g/mol. The number of carbonyl (C=O) groups excluding carboxylic acids is 1. The second-order valence-corrected chi connectivity index (χ2v) is 4.54. The van der Waals surface area contributed by atoms with Crippen molar-refractivity contribution < 1.29 is 9.90 Å². The zero-order valence-corrected chi connectivity index (χ0v) is 9.11. The SMILES string of the molecule is CCCCCC(O)C(C=O)CC1CC1. The van der Waals surface area contributed by atoms with Crippen LogP contribution in [0.4, 0.5) is 0 Å². The van der Waals surface area contributed by atoms with Crippen LogP contribution in [0.1, 0.15) is 51.9 Å². The van der Waals surface area contributed by atoms with Crippen LogP contribution in [0.2, 0.25) is 0 Å². The van der Waals surface area contributed by atoms with Crippen LogP contribution in [0.25, 0.3) is 0 Å². The second kappa shape index (κ2) is 6.18. The molecule has 1 aliphatic carbocycles. The predicted octanol–water partition coefficient (Wildman–Crippen LogP) is 2.54. The first-order chi connectivity index (χ1) is 6.77. The molecule has 0 radical (unpaired) electrons. The van der Waals surface area contributed by atoms with Crippen molar-refractivity contribution in [1.29, 1.82) is 0 Å². The van der Waals surface area contributed by atoms with E-state index >= 15 is 0 Å². The Kier molecular flexibility index (Phi) is 5.16. The topological polar surface area (TPSA) is 37.3 Å². The third kappa shape index (κ3) is 4.23. The Morgan fingerprint density at radius 3 is 2.64 bits per heavy atom. The van der Waals surface area contributed by atoms with Crippen molar-refractivity contribution in [2.24, 2.45) is 11.8 Å². The summed E-state index contributed by atoms with van der Waals surface area (Å²) in [6.45, 7) is 2.15. The minimum Gasteiger partial charge on any atom is -0.392 e. The highest BCUT2D eigenvalue weighted by molar-refractivity contribution is 5.54. The summed E-state index contributed by atoms with van der Waals surface area (Å²) < 4.78 is 0. The highest BCUT2D eigenvalue weighted by Gasteiger charge is 2.28. The summed E-state index contributed by atoms with van der Waals surface area (Å²) in [5.41, 5.74) is 0. The Labute approximate surface area is 86.7 Å². The predicted molar refractivity (Wildman–Crippen MR) is 57.0 cm³/mol. The minimum absolute atomic E-state index is 0.0978. The molecule has 0 amide bonds. The van der Waals surface area contributed by atoms with E-state index in [0.717, 1.165) is 37.9 Å². The molecule has 1 N–H and O–H groups in total. The first-order valence-corrected chi connectivity index (χ1v) is 5.91. The zero-order valence-electron chi connectivity index (χ0n) is 9.11. The molecule has 1 fully saturated rings. The highest BCUT2D eigenvalue weighted by atomic mass is 16.3. The van der Waals surface area contributed by atoms with Crippen LogP contribution in [0, 0.1) is 11.8 Å². The van der Waals surface area contributed by atoms with Gasteiger partial charge in [-0.05, 0) is 18.8 Å². The van der Waals surface area contributed by atoms with Crippen LogP contribution in [0.5, 0.6) is 0 Å². The third-order valence-electron chi connectivity index (χ3n) is 3.07. The van der Waals surface area contributed by atoms with E-state index in [1.807, 2.05) is 0 Å². The molecular formula is C12H22O2. The van der Waals surface area contributed by atoms with Crippen LogP contribution in [0.15, 0.2) is 0 Å². The molecule has 0 aromatic carbocycles. The van der Waals surface area contributed by atoms with Crippen LogP contribution >= 0.6 is 0 Å². The first kappa shape index (κ1) is 11.7. The van der Waals surface area contributed by atoms with E-state index in [-0.39, 0.29) is 12.0 Å². The van der Waals surface area contributed by atoms with Gasteiger partial charge in [0.15, 0.2) is 0 Å². The molecule has 2 unspecified atom stereocenters. The van der Waals surface area contributed by atoms with Gasteiger partial charge in [0.2, 0.25) is 0 Å². The number of aldehydes is 1. The quantitative estimate of drug-likeness (QED) is 0.480. The molecule has 1 saturated carbocycles. The Bertz CT molecular complexity index is 164. The molecule has 0 heterocycles. The fraction of sp³-hybridized carbons (Fsp3) is 0.917. The average molecular weight is 198 g/mol. The number of carbonyl (C=O) groups is 1. The maximum atomic E-state index is 10.8. The lowest BCUT2D eigenvalue weighted by atomic mass is 9.93. The number of unbranched alkanes of at least 4 members (excludes halogenated alkanes) is 2. The van der Waals surface area contributed by atoms with Crippen LogP contribution in [0.3, 0.4) is 0 Å². The maximum absolute atomic E-state index is 10.8. The van der Waals surface area contributed by atoms with Crippen molar-refractivity contribution in [3.05, 3.63) is 0 Å². The van der Waals surface area contributed by atoms with Crippen LogP contribution in [-0.2, 0) is 4.79 Å². The van der Waals surface area contributed by atoms with E-state index in [1.165, 1.54) is 19.3 Å². The summed E-state index contributed by atoms with van der Waals surface area (Å²) in [7, 11) is 0. The van der Waals surface area contributed by atoms with Crippen LogP contribution in [-0.4, -0.2) is 17.5 Å². The number of aliphatic hydroxyl groups excluding tert-OH is 1. The van der Waals surface area contributed by atoms with Gasteiger partial charge in [-0.25, -0.2) is 0 Å². The van der Waals surface area contributed by atoms with Gasteiger partial charge in [-0.15, -0.1) is 0 Å². The minimum atomic E-state index is -0.389. The summed E-state index contributed by atoms with van der Waals surface area (Å²) in [5, 5.41) is 9.78. The summed E-state index contributed by atoms with van der Waals surface area (Å²) in [6.07, 6.45) is 8.16. The highest BCUT2D eigenvalue weighted by Crippen LogP contribution is 2.36. The Morgan fingerprint density at radius 1 is 1.43 bits per heavy atom. The molecule has 14 heavy (non-hydrogen) atoms. The molecule has 0 spiro atoms. The van der Waals surface area contributed by atoms with Crippen molar-refractivity contribution in [3.8, 4) is 0 Å². The number of hydrogen-bond donors (Lipinski definition) is 1. The smallest absolute Gasteiger partial charge is 0.125 e. The van der Waals surface area contributed by atoms with E-state index in [1.54, 1.807) is 0 Å². The van der Waals surface area contributed by atoms with Crippen molar-refractivity contribution in [3.63, 3.8) is 0 Å². The Hall–Kier alpha value is -0.370. The van der Waals surface area contributed by atoms with Gasteiger partial charge >= 0.3 is 0 Å². The fourth-order valence-electron chi connectivity index (χ4n) is 1.86.